The van der Waals surface area contributed by atoms with Crippen molar-refractivity contribution in [2.75, 3.05) is 57.9 Å². The molecule has 2 aliphatic heterocycles. The van der Waals surface area contributed by atoms with E-state index in [9.17, 15) is 9.59 Å². The van der Waals surface area contributed by atoms with Gasteiger partial charge in [0.1, 0.15) is 0 Å². The minimum atomic E-state index is -0.945. The second-order valence-corrected chi connectivity index (χ2v) is 9.15. The highest BCUT2D eigenvalue weighted by atomic mass is 32.1. The van der Waals surface area contributed by atoms with Crippen LogP contribution in [-0.2, 0) is 25.5 Å². The number of amides is 2. The van der Waals surface area contributed by atoms with Crippen LogP contribution in [-0.4, -0.2) is 84.7 Å². The number of morpholine rings is 2. The largest absolute Gasteiger partial charge is 0.378 e. The van der Waals surface area contributed by atoms with Crippen LogP contribution >= 0.6 is 11.3 Å². The van der Waals surface area contributed by atoms with Crippen molar-refractivity contribution in [2.45, 2.75) is 18.9 Å². The Bertz CT molecular complexity index is 900. The van der Waals surface area contributed by atoms with Crippen LogP contribution in [0.25, 0.3) is 0 Å². The lowest BCUT2D eigenvalue weighted by Crippen LogP contribution is -2.61. The van der Waals surface area contributed by atoms with Crippen molar-refractivity contribution in [3.8, 4) is 0 Å². The van der Waals surface area contributed by atoms with Gasteiger partial charge in [0.05, 0.1) is 26.4 Å². The van der Waals surface area contributed by atoms with Gasteiger partial charge in [-0.3, -0.25) is 14.5 Å². The molecule has 0 aliphatic carbocycles. The van der Waals surface area contributed by atoms with Crippen molar-refractivity contribution in [3.05, 3.63) is 47.0 Å². The van der Waals surface area contributed by atoms with Crippen LogP contribution in [0.4, 0.5) is 5.13 Å². The first-order valence-corrected chi connectivity index (χ1v) is 11.4. The molecule has 2 aliphatic rings. The van der Waals surface area contributed by atoms with Crippen LogP contribution in [0.3, 0.4) is 0 Å². The summed E-state index contributed by atoms with van der Waals surface area (Å²) in [6.45, 7) is 5.67. The summed E-state index contributed by atoms with van der Waals surface area (Å²) in [6, 6.07) is 10.2. The van der Waals surface area contributed by atoms with Crippen molar-refractivity contribution < 1.29 is 19.1 Å². The predicted molar refractivity (Wildman–Crippen MR) is 118 cm³/mol. The highest BCUT2D eigenvalue weighted by molar-refractivity contribution is 7.15. The standard InChI is InChI=1S/C22H28N4O4S/c1-22(20(28)26-8-10-29-11-9-26)16-25(7-12-30-22)15-19(27)24-21-23-14-18(31-21)13-17-5-3-2-4-6-17/h2-6,14H,7-13,15-16H2,1H3,(H,23,24,27)/t22-/m1/s1. The average Bonchev–Trinajstić information content (AvgIpc) is 3.21. The third kappa shape index (κ3) is 5.68. The van der Waals surface area contributed by atoms with Gasteiger partial charge >= 0.3 is 0 Å². The molecule has 2 fully saturated rings. The number of thiazole rings is 1. The first kappa shape index (κ1) is 21.9. The summed E-state index contributed by atoms with van der Waals surface area (Å²) in [5.74, 6) is -0.171. The van der Waals surface area contributed by atoms with Gasteiger partial charge in [-0.2, -0.15) is 0 Å². The van der Waals surface area contributed by atoms with Gasteiger partial charge in [0.2, 0.25) is 5.91 Å². The molecule has 1 aromatic heterocycles. The first-order chi connectivity index (χ1) is 15.0. The zero-order valence-electron chi connectivity index (χ0n) is 17.7. The number of nitrogens with one attached hydrogen (secondary N) is 1. The molecular weight excluding hydrogens is 416 g/mol. The monoisotopic (exact) mass is 444 g/mol. The summed E-state index contributed by atoms with van der Waals surface area (Å²) >= 11 is 1.48. The molecular formula is C22H28N4O4S. The Hall–Kier alpha value is -2.33. The van der Waals surface area contributed by atoms with Crippen molar-refractivity contribution >= 4 is 28.3 Å². The van der Waals surface area contributed by atoms with Crippen LogP contribution in [0.5, 0.6) is 0 Å². The van der Waals surface area contributed by atoms with Crippen LogP contribution in [0.15, 0.2) is 36.5 Å². The van der Waals surface area contributed by atoms with E-state index >= 15 is 0 Å². The van der Waals surface area contributed by atoms with Gasteiger partial charge in [0, 0.05) is 43.7 Å². The molecule has 0 unspecified atom stereocenters. The van der Waals surface area contributed by atoms with Gasteiger partial charge in [-0.15, -0.1) is 11.3 Å². The van der Waals surface area contributed by atoms with Gasteiger partial charge in [0.25, 0.3) is 5.91 Å². The molecule has 3 heterocycles. The van der Waals surface area contributed by atoms with Crippen LogP contribution in [0.2, 0.25) is 0 Å². The number of hydrogen-bond acceptors (Lipinski definition) is 7. The fraction of sp³-hybridized carbons (Fsp3) is 0.500. The fourth-order valence-corrected chi connectivity index (χ4v) is 4.79. The van der Waals surface area contributed by atoms with E-state index in [0.29, 0.717) is 51.1 Å². The lowest BCUT2D eigenvalue weighted by molar-refractivity contribution is -0.171. The van der Waals surface area contributed by atoms with Crippen molar-refractivity contribution in [1.82, 2.24) is 14.8 Å². The van der Waals surface area contributed by atoms with E-state index in [4.69, 9.17) is 9.47 Å². The highest BCUT2D eigenvalue weighted by Crippen LogP contribution is 2.23. The second kappa shape index (κ2) is 9.86. The van der Waals surface area contributed by atoms with Crippen molar-refractivity contribution in [3.63, 3.8) is 0 Å². The van der Waals surface area contributed by atoms with E-state index in [2.05, 4.69) is 22.4 Å². The molecule has 0 spiro atoms. The quantitative estimate of drug-likeness (QED) is 0.729. The molecule has 4 rings (SSSR count). The number of aromatic nitrogens is 1. The zero-order valence-corrected chi connectivity index (χ0v) is 18.5. The van der Waals surface area contributed by atoms with Gasteiger partial charge in [-0.05, 0) is 12.5 Å². The topological polar surface area (TPSA) is 84.0 Å². The van der Waals surface area contributed by atoms with E-state index < -0.39 is 5.60 Å². The molecule has 0 radical (unpaired) electrons. The summed E-state index contributed by atoms with van der Waals surface area (Å²) in [4.78, 5) is 34.7. The molecule has 31 heavy (non-hydrogen) atoms. The maximum absolute atomic E-state index is 13.0. The number of nitrogens with zero attached hydrogens (tertiary/aromatic N) is 3. The number of carbonyl (C=O) groups is 2. The Labute approximate surface area is 186 Å². The van der Waals surface area contributed by atoms with Crippen LogP contribution in [0.1, 0.15) is 17.4 Å². The number of ether oxygens (including phenoxy) is 2. The number of carbonyl (C=O) groups excluding carboxylic acids is 2. The molecule has 2 aromatic rings. The zero-order chi connectivity index (χ0) is 21.7. The van der Waals surface area contributed by atoms with Crippen molar-refractivity contribution in [1.29, 1.82) is 0 Å². The second-order valence-electron chi connectivity index (χ2n) is 8.04. The summed E-state index contributed by atoms with van der Waals surface area (Å²) in [5, 5.41) is 3.48. The summed E-state index contributed by atoms with van der Waals surface area (Å²) in [7, 11) is 0. The van der Waals surface area contributed by atoms with Crippen LogP contribution in [0, 0.1) is 0 Å². The molecule has 1 N–H and O–H groups in total. The minimum Gasteiger partial charge on any atom is -0.378 e. The van der Waals surface area contributed by atoms with E-state index in [1.165, 1.54) is 16.9 Å². The number of rotatable bonds is 6. The van der Waals surface area contributed by atoms with Gasteiger partial charge < -0.3 is 19.7 Å². The smallest absolute Gasteiger partial charge is 0.256 e. The number of hydrogen-bond donors (Lipinski definition) is 1. The number of benzene rings is 1. The maximum atomic E-state index is 13.0. The SMILES string of the molecule is C[C@]1(C(=O)N2CCOCC2)CN(CC(=O)Nc2ncc(Cc3ccccc3)s2)CCO1. The van der Waals surface area contributed by atoms with Gasteiger partial charge in [-0.1, -0.05) is 30.3 Å². The Morgan fingerprint density at radius 3 is 2.71 bits per heavy atom. The molecule has 166 valence electrons. The van der Waals surface area contributed by atoms with Crippen molar-refractivity contribution in [2.24, 2.45) is 0 Å². The molecule has 1 atom stereocenters. The average molecular weight is 445 g/mol. The Morgan fingerprint density at radius 1 is 1.16 bits per heavy atom. The third-order valence-electron chi connectivity index (χ3n) is 5.49. The molecule has 8 nitrogen and oxygen atoms in total. The summed E-state index contributed by atoms with van der Waals surface area (Å²) in [6.07, 6.45) is 2.60. The molecule has 2 saturated heterocycles. The minimum absolute atomic E-state index is 0.0358. The molecule has 0 saturated carbocycles. The molecule has 0 bridgehead atoms. The Kier molecular flexibility index (Phi) is 6.96. The lowest BCUT2D eigenvalue weighted by Gasteiger charge is -2.42. The number of anilines is 1. The molecule has 9 heteroatoms. The van der Waals surface area contributed by atoms with E-state index in [1.54, 1.807) is 11.1 Å². The normalized spacial score (nSPS) is 22.3. The fourth-order valence-electron chi connectivity index (χ4n) is 3.92. The molecule has 2 amide bonds. The lowest BCUT2D eigenvalue weighted by atomic mass is 10.0. The Morgan fingerprint density at radius 2 is 1.94 bits per heavy atom. The van der Waals surface area contributed by atoms with Gasteiger partial charge in [0.15, 0.2) is 10.7 Å². The summed E-state index contributed by atoms with van der Waals surface area (Å²) in [5.41, 5.74) is 0.265. The Balaban J connectivity index is 1.30. The maximum Gasteiger partial charge on any atom is 0.256 e. The van der Waals surface area contributed by atoms with Gasteiger partial charge in [-0.25, -0.2) is 4.98 Å². The van der Waals surface area contributed by atoms with E-state index in [0.717, 1.165) is 11.3 Å². The van der Waals surface area contributed by atoms with E-state index in [-0.39, 0.29) is 18.4 Å². The third-order valence-corrected chi connectivity index (χ3v) is 6.41. The van der Waals surface area contributed by atoms with Crippen LogP contribution < -0.4 is 5.32 Å². The predicted octanol–water partition coefficient (Wildman–Crippen LogP) is 1.62. The highest BCUT2D eigenvalue weighted by Gasteiger charge is 2.42. The molecule has 1 aromatic carbocycles. The van der Waals surface area contributed by atoms with E-state index in [1.807, 2.05) is 30.0 Å². The summed E-state index contributed by atoms with van der Waals surface area (Å²) < 4.78 is 11.2. The first-order valence-electron chi connectivity index (χ1n) is 10.5.